The molecule has 0 N–H and O–H groups in total. The van der Waals surface area contributed by atoms with Crippen molar-refractivity contribution < 1.29 is 14.3 Å². The summed E-state index contributed by atoms with van der Waals surface area (Å²) in [5.74, 6) is 1.54. The normalized spacial score (nSPS) is 11.3. The van der Waals surface area contributed by atoms with E-state index in [2.05, 4.69) is 34.6 Å². The number of carbonyl (C=O) groups is 1. The van der Waals surface area contributed by atoms with Gasteiger partial charge in [-0.25, -0.2) is 0 Å². The Kier molecular flexibility index (Phi) is 6.73. The van der Waals surface area contributed by atoms with Crippen molar-refractivity contribution in [3.05, 3.63) is 23.8 Å². The lowest BCUT2D eigenvalue weighted by molar-refractivity contribution is 0.0939. The van der Waals surface area contributed by atoms with E-state index in [1.807, 2.05) is 18.2 Å². The zero-order chi connectivity index (χ0) is 15.9. The first-order valence-electron chi connectivity index (χ1n) is 7.80. The van der Waals surface area contributed by atoms with Gasteiger partial charge in [0.05, 0.1) is 13.2 Å². The summed E-state index contributed by atoms with van der Waals surface area (Å²) < 4.78 is 11.4. The quantitative estimate of drug-likeness (QED) is 0.640. The molecule has 0 radical (unpaired) electrons. The number of hydrogen-bond acceptors (Lipinski definition) is 3. The topological polar surface area (TPSA) is 35.5 Å². The summed E-state index contributed by atoms with van der Waals surface area (Å²) in [7, 11) is 0. The molecule has 0 saturated carbocycles. The van der Waals surface area contributed by atoms with E-state index in [1.165, 1.54) is 0 Å². The van der Waals surface area contributed by atoms with E-state index in [4.69, 9.17) is 9.47 Å². The van der Waals surface area contributed by atoms with Gasteiger partial charge in [-0.05, 0) is 36.5 Å². The molecule has 3 heteroatoms. The van der Waals surface area contributed by atoms with Crippen LogP contribution in [-0.2, 0) is 0 Å². The lowest BCUT2D eigenvalue weighted by Crippen LogP contribution is -2.13. The molecule has 0 aromatic heterocycles. The lowest BCUT2D eigenvalue weighted by atomic mass is 9.88. The van der Waals surface area contributed by atoms with Gasteiger partial charge in [-0.1, -0.05) is 34.6 Å². The van der Waals surface area contributed by atoms with Crippen molar-refractivity contribution in [3.8, 4) is 11.5 Å². The van der Waals surface area contributed by atoms with Crippen LogP contribution in [0.25, 0.3) is 0 Å². The average molecular weight is 292 g/mol. The molecule has 0 amide bonds. The van der Waals surface area contributed by atoms with Crippen molar-refractivity contribution in [2.24, 2.45) is 5.41 Å². The van der Waals surface area contributed by atoms with Gasteiger partial charge in [0, 0.05) is 12.0 Å². The largest absolute Gasteiger partial charge is 0.490 e. The van der Waals surface area contributed by atoms with Crippen molar-refractivity contribution in [2.45, 2.75) is 53.9 Å². The molecule has 0 heterocycles. The van der Waals surface area contributed by atoms with E-state index in [1.54, 1.807) is 0 Å². The monoisotopic (exact) mass is 292 g/mol. The molecule has 0 aliphatic rings. The second-order valence-electron chi connectivity index (χ2n) is 6.52. The SMILES string of the molecule is CCCOc1ccc(C(=O)CC(C)(C)C)cc1OCCC. The molecular weight excluding hydrogens is 264 g/mol. The molecule has 0 bridgehead atoms. The second kappa shape index (κ2) is 8.06. The summed E-state index contributed by atoms with van der Waals surface area (Å²) in [6, 6.07) is 5.49. The minimum absolute atomic E-state index is 0.0150. The molecule has 1 rings (SSSR count). The molecule has 0 atom stereocenters. The van der Waals surface area contributed by atoms with Crippen molar-refractivity contribution >= 4 is 5.78 Å². The smallest absolute Gasteiger partial charge is 0.163 e. The van der Waals surface area contributed by atoms with E-state index in [0.717, 1.165) is 18.6 Å². The van der Waals surface area contributed by atoms with Crippen LogP contribution < -0.4 is 9.47 Å². The minimum Gasteiger partial charge on any atom is -0.490 e. The Morgan fingerprint density at radius 2 is 1.57 bits per heavy atom. The number of Topliss-reactive ketones (excluding diaryl/α,β-unsaturated/α-hetero) is 1. The van der Waals surface area contributed by atoms with Crippen LogP contribution >= 0.6 is 0 Å². The zero-order valence-electron chi connectivity index (χ0n) is 14.0. The number of benzene rings is 1. The maximum Gasteiger partial charge on any atom is 0.163 e. The van der Waals surface area contributed by atoms with Crippen molar-refractivity contribution in [1.82, 2.24) is 0 Å². The predicted molar refractivity (Wildman–Crippen MR) is 86.4 cm³/mol. The Bertz CT molecular complexity index is 458. The van der Waals surface area contributed by atoms with Gasteiger partial charge in [-0.3, -0.25) is 4.79 Å². The van der Waals surface area contributed by atoms with Gasteiger partial charge < -0.3 is 9.47 Å². The van der Waals surface area contributed by atoms with Crippen LogP contribution in [0.2, 0.25) is 0 Å². The average Bonchev–Trinajstić information content (AvgIpc) is 2.41. The highest BCUT2D eigenvalue weighted by Crippen LogP contribution is 2.30. The van der Waals surface area contributed by atoms with Gasteiger partial charge in [0.15, 0.2) is 17.3 Å². The highest BCUT2D eigenvalue weighted by Gasteiger charge is 2.18. The highest BCUT2D eigenvalue weighted by molar-refractivity contribution is 5.97. The van der Waals surface area contributed by atoms with Gasteiger partial charge in [0.25, 0.3) is 0 Å². The summed E-state index contributed by atoms with van der Waals surface area (Å²) in [4.78, 5) is 12.3. The maximum absolute atomic E-state index is 12.3. The molecular formula is C18H28O3. The van der Waals surface area contributed by atoms with Crippen molar-refractivity contribution in [3.63, 3.8) is 0 Å². The van der Waals surface area contributed by atoms with Crippen molar-refractivity contribution in [1.29, 1.82) is 0 Å². The molecule has 0 aliphatic carbocycles. The Balaban J connectivity index is 2.94. The first kappa shape index (κ1) is 17.5. The standard InChI is InChI=1S/C18H28O3/c1-6-10-20-16-9-8-14(12-17(16)21-11-7-2)15(19)13-18(3,4)5/h8-9,12H,6-7,10-11,13H2,1-5H3. The second-order valence-corrected chi connectivity index (χ2v) is 6.52. The zero-order valence-corrected chi connectivity index (χ0v) is 14.0. The fraction of sp³-hybridized carbons (Fsp3) is 0.611. The Hall–Kier alpha value is -1.51. The molecule has 21 heavy (non-hydrogen) atoms. The molecule has 3 nitrogen and oxygen atoms in total. The predicted octanol–water partition coefficient (Wildman–Crippen LogP) is 4.88. The summed E-state index contributed by atoms with van der Waals surface area (Å²) in [6.07, 6.45) is 2.39. The molecule has 118 valence electrons. The summed E-state index contributed by atoms with van der Waals surface area (Å²) >= 11 is 0. The Morgan fingerprint density at radius 1 is 1.00 bits per heavy atom. The van der Waals surface area contributed by atoms with Gasteiger partial charge >= 0.3 is 0 Å². The van der Waals surface area contributed by atoms with Gasteiger partial charge in [-0.2, -0.15) is 0 Å². The van der Waals surface area contributed by atoms with Gasteiger partial charge in [0.2, 0.25) is 0 Å². The number of ether oxygens (including phenoxy) is 2. The fourth-order valence-corrected chi connectivity index (χ4v) is 1.92. The van der Waals surface area contributed by atoms with Gasteiger partial charge in [0.1, 0.15) is 0 Å². The number of hydrogen-bond donors (Lipinski definition) is 0. The third-order valence-electron chi connectivity index (χ3n) is 2.88. The number of rotatable bonds is 8. The van der Waals surface area contributed by atoms with Crippen LogP contribution in [-0.4, -0.2) is 19.0 Å². The molecule has 1 aromatic rings. The Morgan fingerprint density at radius 3 is 2.10 bits per heavy atom. The minimum atomic E-state index is -0.0150. The first-order valence-corrected chi connectivity index (χ1v) is 7.80. The Labute approximate surface area is 128 Å². The van der Waals surface area contributed by atoms with Crippen LogP contribution in [0.15, 0.2) is 18.2 Å². The van der Waals surface area contributed by atoms with Crippen LogP contribution in [0.3, 0.4) is 0 Å². The molecule has 0 fully saturated rings. The van der Waals surface area contributed by atoms with E-state index in [9.17, 15) is 4.79 Å². The van der Waals surface area contributed by atoms with E-state index in [-0.39, 0.29) is 11.2 Å². The summed E-state index contributed by atoms with van der Waals surface area (Å²) in [5, 5.41) is 0. The molecule has 0 saturated heterocycles. The summed E-state index contributed by atoms with van der Waals surface area (Å²) in [6.45, 7) is 11.6. The fourth-order valence-electron chi connectivity index (χ4n) is 1.92. The van der Waals surface area contributed by atoms with Crippen molar-refractivity contribution in [2.75, 3.05) is 13.2 Å². The summed E-state index contributed by atoms with van der Waals surface area (Å²) in [5.41, 5.74) is 0.679. The maximum atomic E-state index is 12.3. The third kappa shape index (κ3) is 6.19. The molecule has 0 unspecified atom stereocenters. The van der Waals surface area contributed by atoms with E-state index < -0.39 is 0 Å². The van der Waals surface area contributed by atoms with Crippen LogP contribution in [0.1, 0.15) is 64.2 Å². The van der Waals surface area contributed by atoms with Crippen LogP contribution in [0.4, 0.5) is 0 Å². The first-order chi connectivity index (χ1) is 9.87. The number of ketones is 1. The molecule has 0 spiro atoms. The lowest BCUT2D eigenvalue weighted by Gasteiger charge is -2.18. The van der Waals surface area contributed by atoms with E-state index in [0.29, 0.717) is 30.9 Å². The van der Waals surface area contributed by atoms with E-state index >= 15 is 0 Å². The molecule has 1 aromatic carbocycles. The van der Waals surface area contributed by atoms with Crippen LogP contribution in [0.5, 0.6) is 11.5 Å². The highest BCUT2D eigenvalue weighted by atomic mass is 16.5. The van der Waals surface area contributed by atoms with Crippen LogP contribution in [0, 0.1) is 5.41 Å². The van der Waals surface area contributed by atoms with Gasteiger partial charge in [-0.15, -0.1) is 0 Å². The molecule has 0 aliphatic heterocycles. The number of carbonyl (C=O) groups excluding carboxylic acids is 1. The third-order valence-corrected chi connectivity index (χ3v) is 2.88.